The van der Waals surface area contributed by atoms with E-state index in [9.17, 15) is 14.7 Å². The molecule has 3 N–H and O–H groups in total. The first-order valence-electron chi connectivity index (χ1n) is 12.4. The van der Waals surface area contributed by atoms with Crippen molar-refractivity contribution in [2.24, 2.45) is 11.1 Å². The van der Waals surface area contributed by atoms with Crippen LogP contribution in [0.2, 0.25) is 0 Å². The average Bonchev–Trinajstić information content (AvgIpc) is 3.32. The molecule has 5 rings (SSSR count). The number of carbonyl (C=O) groups excluding carboxylic acids is 1. The molecule has 11 heteroatoms. The van der Waals surface area contributed by atoms with E-state index in [1.807, 2.05) is 43.0 Å². The van der Waals surface area contributed by atoms with Crippen LogP contribution in [0.1, 0.15) is 32.3 Å². The van der Waals surface area contributed by atoms with E-state index in [1.165, 1.54) is 16.2 Å². The predicted molar refractivity (Wildman–Crippen MR) is 148 cm³/mol. The van der Waals surface area contributed by atoms with Gasteiger partial charge in [0.2, 0.25) is 5.95 Å². The van der Waals surface area contributed by atoms with Crippen LogP contribution >= 0.6 is 11.3 Å². The number of aromatic nitrogens is 4. The average molecular weight is 532 g/mol. The van der Waals surface area contributed by atoms with Gasteiger partial charge in [-0.2, -0.15) is 0 Å². The number of aryl methyl sites for hydroxylation is 1. The highest BCUT2D eigenvalue weighted by molar-refractivity contribution is 7.23. The Kier molecular flexibility index (Phi) is 6.70. The van der Waals surface area contributed by atoms with Crippen molar-refractivity contribution in [3.05, 3.63) is 48.4 Å². The second-order valence-electron chi connectivity index (χ2n) is 9.79. The molecule has 1 saturated heterocycles. The minimum atomic E-state index is -0.759. The van der Waals surface area contributed by atoms with Gasteiger partial charge < -0.3 is 15.7 Å². The monoisotopic (exact) mass is 531 g/mol. The first kappa shape index (κ1) is 25.5. The fraction of sp³-hybridized carbons (Fsp3) is 0.333. The minimum absolute atomic E-state index is 0.414. The third-order valence-electron chi connectivity index (χ3n) is 7.12. The second kappa shape index (κ2) is 9.97. The summed E-state index contributed by atoms with van der Waals surface area (Å²) < 4.78 is 0.911. The number of rotatable bonds is 6. The number of hydrogen-bond acceptors (Lipinski definition) is 8. The Morgan fingerprint density at radius 2 is 1.84 bits per heavy atom. The van der Waals surface area contributed by atoms with Gasteiger partial charge in [-0.1, -0.05) is 11.3 Å². The van der Waals surface area contributed by atoms with E-state index in [-0.39, 0.29) is 0 Å². The number of piperidine rings is 1. The Balaban J connectivity index is 1.52. The Labute approximate surface area is 224 Å². The van der Waals surface area contributed by atoms with E-state index >= 15 is 0 Å². The Bertz CT molecular complexity index is 1510. The summed E-state index contributed by atoms with van der Waals surface area (Å²) in [5.74, 6) is -0.176. The smallest absolute Gasteiger partial charge is 0.321 e. The lowest BCUT2D eigenvalue weighted by Gasteiger charge is -2.36. The Morgan fingerprint density at radius 1 is 1.13 bits per heavy atom. The topological polar surface area (TPSA) is 138 Å². The van der Waals surface area contributed by atoms with Gasteiger partial charge in [0.1, 0.15) is 0 Å². The van der Waals surface area contributed by atoms with Crippen molar-refractivity contribution in [1.82, 2.24) is 19.9 Å². The number of carbonyl (C=O) groups is 2. The van der Waals surface area contributed by atoms with Gasteiger partial charge in [-0.15, -0.1) is 0 Å². The van der Waals surface area contributed by atoms with Crippen LogP contribution in [-0.4, -0.2) is 56.7 Å². The molecule has 10 nitrogen and oxygen atoms in total. The highest BCUT2D eigenvalue weighted by atomic mass is 32.1. The first-order valence-corrected chi connectivity index (χ1v) is 13.3. The number of pyridine rings is 1. The number of thiazole rings is 1. The summed E-state index contributed by atoms with van der Waals surface area (Å²) in [6.07, 6.45) is 6.42. The van der Waals surface area contributed by atoms with Crippen LogP contribution in [0.3, 0.4) is 0 Å². The van der Waals surface area contributed by atoms with Gasteiger partial charge in [0, 0.05) is 49.4 Å². The number of carboxylic acid groups (broad SMARTS) is 1. The molecule has 1 aliphatic heterocycles. The van der Waals surface area contributed by atoms with Crippen LogP contribution in [0.25, 0.3) is 32.6 Å². The summed E-state index contributed by atoms with van der Waals surface area (Å²) in [5.41, 5.74) is 10.1. The van der Waals surface area contributed by atoms with Crippen molar-refractivity contribution in [3.63, 3.8) is 0 Å². The number of benzene rings is 1. The summed E-state index contributed by atoms with van der Waals surface area (Å²) in [4.78, 5) is 45.6. The molecule has 1 aliphatic rings. The number of amides is 2. The number of carboxylic acids is 1. The highest BCUT2D eigenvalue weighted by Gasteiger charge is 2.37. The van der Waals surface area contributed by atoms with Crippen LogP contribution in [0.15, 0.2) is 42.9 Å². The van der Waals surface area contributed by atoms with E-state index in [0.717, 1.165) is 38.2 Å². The fourth-order valence-electron chi connectivity index (χ4n) is 4.61. The zero-order valence-electron chi connectivity index (χ0n) is 21.5. The molecular formula is C27H29N7O3S. The van der Waals surface area contributed by atoms with Gasteiger partial charge in [0.25, 0.3) is 0 Å². The number of primary amides is 1. The number of hydrogen-bond donors (Lipinski definition) is 2. The molecule has 2 amide bonds. The molecule has 3 aromatic heterocycles. The van der Waals surface area contributed by atoms with E-state index in [2.05, 4.69) is 15.0 Å². The van der Waals surface area contributed by atoms with Gasteiger partial charge >= 0.3 is 12.0 Å². The molecule has 0 unspecified atom stereocenters. The van der Waals surface area contributed by atoms with E-state index in [4.69, 9.17) is 10.7 Å². The first-order chi connectivity index (χ1) is 18.2. The third kappa shape index (κ3) is 4.76. The maximum absolute atomic E-state index is 12.0. The molecule has 0 radical (unpaired) electrons. The van der Waals surface area contributed by atoms with Crippen molar-refractivity contribution in [2.45, 2.75) is 33.6 Å². The lowest BCUT2D eigenvalue weighted by molar-refractivity contribution is -0.149. The van der Waals surface area contributed by atoms with E-state index in [0.29, 0.717) is 43.6 Å². The molecule has 0 spiro atoms. The van der Waals surface area contributed by atoms with Crippen LogP contribution in [0.4, 0.5) is 15.9 Å². The number of nitrogens with two attached hydrogens (primary N) is 1. The molecule has 4 aromatic rings. The summed E-state index contributed by atoms with van der Waals surface area (Å²) in [5, 5.41) is 10.0. The molecule has 0 aliphatic carbocycles. The van der Waals surface area contributed by atoms with Crippen molar-refractivity contribution in [3.8, 4) is 22.4 Å². The summed E-state index contributed by atoms with van der Waals surface area (Å²) >= 11 is 1.41. The number of fused-ring (bicyclic) bond motifs is 1. The predicted octanol–water partition coefficient (Wildman–Crippen LogP) is 4.72. The maximum Gasteiger partial charge on any atom is 0.321 e. The number of urea groups is 1. The van der Waals surface area contributed by atoms with Crippen LogP contribution < -0.4 is 15.5 Å². The van der Waals surface area contributed by atoms with Gasteiger partial charge in [0.05, 0.1) is 21.3 Å². The normalized spacial score (nSPS) is 15.0. The highest BCUT2D eigenvalue weighted by Crippen LogP contribution is 2.39. The lowest BCUT2D eigenvalue weighted by atomic mass is 9.80. The van der Waals surface area contributed by atoms with Crippen LogP contribution in [0.5, 0.6) is 0 Å². The largest absolute Gasteiger partial charge is 0.481 e. The molecule has 4 heterocycles. The summed E-state index contributed by atoms with van der Waals surface area (Å²) in [6, 6.07) is 7.42. The molecule has 38 heavy (non-hydrogen) atoms. The zero-order chi connectivity index (χ0) is 27.0. The van der Waals surface area contributed by atoms with Crippen LogP contribution in [0, 0.1) is 12.3 Å². The van der Waals surface area contributed by atoms with Crippen molar-refractivity contribution >= 4 is 44.6 Å². The fourth-order valence-corrected chi connectivity index (χ4v) is 5.75. The standard InChI is InChI=1S/C27H29N7O3S/c1-4-34(24(28)37)26-32-21-13-17(12-19(22(21)38-26)20-11-16(2)5-8-29-20)18-14-30-25(31-15-18)33-9-6-27(3,7-10-33)23(35)36/h5,8,11-15H,4,6-7,9-10H2,1-3H3,(H2,28,37)(H,35,36). The molecule has 0 saturated carbocycles. The maximum atomic E-state index is 12.0. The summed E-state index contributed by atoms with van der Waals surface area (Å²) in [6.45, 7) is 7.26. The van der Waals surface area contributed by atoms with E-state index < -0.39 is 17.4 Å². The minimum Gasteiger partial charge on any atom is -0.481 e. The van der Waals surface area contributed by atoms with Gasteiger partial charge in [-0.05, 0) is 69.0 Å². The number of aliphatic carboxylic acids is 1. The van der Waals surface area contributed by atoms with Crippen LogP contribution in [-0.2, 0) is 4.79 Å². The quantitative estimate of drug-likeness (QED) is 0.364. The van der Waals surface area contributed by atoms with Crippen molar-refractivity contribution < 1.29 is 14.7 Å². The SMILES string of the molecule is CCN(C(N)=O)c1nc2cc(-c3cnc(N4CCC(C)(C(=O)O)CC4)nc3)cc(-c3cc(C)ccn3)c2s1. The van der Waals surface area contributed by atoms with Gasteiger partial charge in [-0.3, -0.25) is 14.7 Å². The molecular weight excluding hydrogens is 502 g/mol. The molecule has 1 fully saturated rings. The molecule has 0 bridgehead atoms. The van der Waals surface area contributed by atoms with Crippen molar-refractivity contribution in [2.75, 3.05) is 29.4 Å². The number of anilines is 2. The molecule has 0 atom stereocenters. The molecule has 196 valence electrons. The van der Waals surface area contributed by atoms with Gasteiger partial charge in [0.15, 0.2) is 5.13 Å². The van der Waals surface area contributed by atoms with Crippen molar-refractivity contribution in [1.29, 1.82) is 0 Å². The lowest BCUT2D eigenvalue weighted by Crippen LogP contribution is -2.43. The summed E-state index contributed by atoms with van der Waals surface area (Å²) in [7, 11) is 0. The Hall–Kier alpha value is -4.12. The zero-order valence-corrected chi connectivity index (χ0v) is 22.3. The molecule has 1 aromatic carbocycles. The van der Waals surface area contributed by atoms with E-state index in [1.54, 1.807) is 25.5 Å². The third-order valence-corrected chi connectivity index (χ3v) is 8.25. The van der Waals surface area contributed by atoms with Gasteiger partial charge in [-0.25, -0.2) is 19.7 Å². The second-order valence-corrected chi connectivity index (χ2v) is 10.8. The Morgan fingerprint density at radius 3 is 2.45 bits per heavy atom. The number of nitrogens with zero attached hydrogens (tertiary/aromatic N) is 6.